The van der Waals surface area contributed by atoms with Crippen LogP contribution in [0.1, 0.15) is 24.0 Å². The Morgan fingerprint density at radius 2 is 1.48 bits per heavy atom. The minimum absolute atomic E-state index is 0.0490. The molecule has 1 amide bonds. The molecule has 0 heterocycles. The lowest BCUT2D eigenvalue weighted by Crippen LogP contribution is -2.32. The van der Waals surface area contributed by atoms with E-state index in [1.54, 1.807) is 11.0 Å². The Hall–Kier alpha value is -2.39. The van der Waals surface area contributed by atoms with Gasteiger partial charge in [-0.25, -0.2) is 0 Å². The fraction of sp³-hybridized carbons (Fsp3) is 0.250. The Bertz CT molecular complexity index is 569. The van der Waals surface area contributed by atoms with E-state index in [-0.39, 0.29) is 12.3 Å². The van der Waals surface area contributed by atoms with Crippen LogP contribution in [0.25, 0.3) is 0 Å². The first-order valence-electron chi connectivity index (χ1n) is 7.83. The van der Waals surface area contributed by atoms with Gasteiger partial charge in [0.25, 0.3) is 0 Å². The Balaban J connectivity index is 2.10. The second-order valence-corrected chi connectivity index (χ2v) is 5.60. The SMILES string of the molecule is C=CC[C@@H](O)CC(=O)N(Cc1ccccc1)Cc1ccccc1. The van der Waals surface area contributed by atoms with Crippen LogP contribution in [0, 0.1) is 0 Å². The lowest BCUT2D eigenvalue weighted by Gasteiger charge is -2.24. The summed E-state index contributed by atoms with van der Waals surface area (Å²) in [4.78, 5) is 14.4. The minimum Gasteiger partial charge on any atom is -0.392 e. The lowest BCUT2D eigenvalue weighted by molar-refractivity contribution is -0.134. The standard InChI is InChI=1S/C20H23NO2/c1-2-9-19(22)14-20(23)21(15-17-10-5-3-6-11-17)16-18-12-7-4-8-13-18/h2-8,10-13,19,22H,1,9,14-16H2/t19-/m1/s1. The average Bonchev–Trinajstić information content (AvgIpc) is 2.56. The van der Waals surface area contributed by atoms with Crippen molar-refractivity contribution >= 4 is 5.91 Å². The van der Waals surface area contributed by atoms with Gasteiger partial charge in [-0.3, -0.25) is 4.79 Å². The molecule has 1 atom stereocenters. The predicted octanol–water partition coefficient (Wildman–Crippen LogP) is 3.54. The molecule has 0 unspecified atom stereocenters. The van der Waals surface area contributed by atoms with E-state index in [0.717, 1.165) is 11.1 Å². The summed E-state index contributed by atoms with van der Waals surface area (Å²) in [7, 11) is 0. The van der Waals surface area contributed by atoms with Gasteiger partial charge < -0.3 is 10.0 Å². The lowest BCUT2D eigenvalue weighted by atomic mass is 10.1. The van der Waals surface area contributed by atoms with E-state index in [2.05, 4.69) is 6.58 Å². The highest BCUT2D eigenvalue weighted by Gasteiger charge is 2.17. The van der Waals surface area contributed by atoms with Gasteiger partial charge in [0.15, 0.2) is 0 Å². The van der Waals surface area contributed by atoms with E-state index >= 15 is 0 Å². The number of amides is 1. The number of carbonyl (C=O) groups excluding carboxylic acids is 1. The maximum absolute atomic E-state index is 12.6. The third kappa shape index (κ3) is 5.72. The summed E-state index contributed by atoms with van der Waals surface area (Å²) in [6.45, 7) is 4.68. The van der Waals surface area contributed by atoms with Crippen LogP contribution >= 0.6 is 0 Å². The molecule has 0 radical (unpaired) electrons. The fourth-order valence-electron chi connectivity index (χ4n) is 2.45. The molecule has 0 aromatic heterocycles. The minimum atomic E-state index is -0.672. The van der Waals surface area contributed by atoms with Crippen LogP contribution in [-0.2, 0) is 17.9 Å². The predicted molar refractivity (Wildman–Crippen MR) is 92.6 cm³/mol. The number of nitrogens with zero attached hydrogens (tertiary/aromatic N) is 1. The molecule has 0 aliphatic heterocycles. The highest BCUT2D eigenvalue weighted by molar-refractivity contribution is 5.76. The van der Waals surface area contributed by atoms with Crippen LogP contribution in [0.3, 0.4) is 0 Å². The molecule has 0 saturated heterocycles. The van der Waals surface area contributed by atoms with Crippen LogP contribution in [0.4, 0.5) is 0 Å². The second-order valence-electron chi connectivity index (χ2n) is 5.60. The smallest absolute Gasteiger partial charge is 0.225 e. The topological polar surface area (TPSA) is 40.5 Å². The summed E-state index contributed by atoms with van der Waals surface area (Å²) in [6.07, 6.45) is 1.51. The summed E-state index contributed by atoms with van der Waals surface area (Å²) in [5.41, 5.74) is 2.16. The van der Waals surface area contributed by atoms with E-state index in [4.69, 9.17) is 0 Å². The molecule has 0 aliphatic carbocycles. The van der Waals surface area contributed by atoms with E-state index in [9.17, 15) is 9.90 Å². The molecular weight excluding hydrogens is 286 g/mol. The van der Waals surface area contributed by atoms with Gasteiger partial charge in [0.05, 0.1) is 12.5 Å². The number of benzene rings is 2. The summed E-state index contributed by atoms with van der Waals surface area (Å²) < 4.78 is 0. The first-order valence-corrected chi connectivity index (χ1v) is 7.83. The van der Waals surface area contributed by atoms with Crippen molar-refractivity contribution in [1.82, 2.24) is 4.90 Å². The van der Waals surface area contributed by atoms with Crippen molar-refractivity contribution in [3.63, 3.8) is 0 Å². The van der Waals surface area contributed by atoms with Crippen molar-refractivity contribution in [2.45, 2.75) is 32.0 Å². The molecule has 2 rings (SSSR count). The van der Waals surface area contributed by atoms with E-state index < -0.39 is 6.10 Å². The molecule has 3 heteroatoms. The van der Waals surface area contributed by atoms with Crippen molar-refractivity contribution in [2.75, 3.05) is 0 Å². The number of hydrogen-bond acceptors (Lipinski definition) is 2. The third-order valence-corrected chi connectivity index (χ3v) is 3.63. The molecule has 120 valence electrons. The van der Waals surface area contributed by atoms with Gasteiger partial charge in [0.1, 0.15) is 0 Å². The number of aliphatic hydroxyl groups excluding tert-OH is 1. The molecule has 2 aromatic rings. The molecule has 3 nitrogen and oxygen atoms in total. The molecule has 0 fully saturated rings. The van der Waals surface area contributed by atoms with Crippen LogP contribution in [0.5, 0.6) is 0 Å². The number of hydrogen-bond donors (Lipinski definition) is 1. The zero-order chi connectivity index (χ0) is 16.5. The molecule has 0 bridgehead atoms. The summed E-state index contributed by atoms with van der Waals surface area (Å²) in [6, 6.07) is 19.8. The number of aliphatic hydroxyl groups is 1. The Morgan fingerprint density at radius 1 is 1.00 bits per heavy atom. The molecule has 2 aromatic carbocycles. The highest BCUT2D eigenvalue weighted by atomic mass is 16.3. The van der Waals surface area contributed by atoms with E-state index in [0.29, 0.717) is 19.5 Å². The molecule has 0 aliphatic rings. The Labute approximate surface area is 137 Å². The van der Waals surface area contributed by atoms with Crippen LogP contribution in [-0.4, -0.2) is 22.0 Å². The maximum atomic E-state index is 12.6. The fourth-order valence-corrected chi connectivity index (χ4v) is 2.45. The van der Waals surface area contributed by atoms with Crippen LogP contribution in [0.15, 0.2) is 73.3 Å². The van der Waals surface area contributed by atoms with Gasteiger partial charge in [-0.2, -0.15) is 0 Å². The first kappa shape index (κ1) is 17.0. The van der Waals surface area contributed by atoms with Crippen molar-refractivity contribution in [1.29, 1.82) is 0 Å². The average molecular weight is 309 g/mol. The second kappa shape index (κ2) is 8.91. The van der Waals surface area contributed by atoms with Gasteiger partial charge in [-0.05, 0) is 17.5 Å². The maximum Gasteiger partial charge on any atom is 0.225 e. The number of rotatable bonds is 8. The van der Waals surface area contributed by atoms with Crippen molar-refractivity contribution in [3.8, 4) is 0 Å². The zero-order valence-electron chi connectivity index (χ0n) is 13.3. The van der Waals surface area contributed by atoms with Gasteiger partial charge in [-0.15, -0.1) is 6.58 Å². The van der Waals surface area contributed by atoms with Gasteiger partial charge in [-0.1, -0.05) is 66.7 Å². The number of carbonyl (C=O) groups is 1. The van der Waals surface area contributed by atoms with E-state index in [1.165, 1.54) is 0 Å². The summed E-state index contributed by atoms with van der Waals surface area (Å²) in [5, 5.41) is 9.88. The Morgan fingerprint density at radius 3 is 1.91 bits per heavy atom. The molecule has 23 heavy (non-hydrogen) atoms. The van der Waals surface area contributed by atoms with Crippen LogP contribution < -0.4 is 0 Å². The molecular formula is C20H23NO2. The monoisotopic (exact) mass is 309 g/mol. The van der Waals surface area contributed by atoms with Gasteiger partial charge in [0.2, 0.25) is 5.91 Å². The third-order valence-electron chi connectivity index (χ3n) is 3.63. The summed E-state index contributed by atoms with van der Waals surface area (Å²) in [5.74, 6) is -0.0490. The van der Waals surface area contributed by atoms with E-state index in [1.807, 2.05) is 60.7 Å². The Kier molecular flexibility index (Phi) is 6.57. The highest BCUT2D eigenvalue weighted by Crippen LogP contribution is 2.13. The van der Waals surface area contributed by atoms with Crippen LogP contribution in [0.2, 0.25) is 0 Å². The normalized spacial score (nSPS) is 11.7. The van der Waals surface area contributed by atoms with Crippen molar-refractivity contribution in [3.05, 3.63) is 84.4 Å². The molecule has 1 N–H and O–H groups in total. The van der Waals surface area contributed by atoms with Gasteiger partial charge >= 0.3 is 0 Å². The van der Waals surface area contributed by atoms with Crippen molar-refractivity contribution < 1.29 is 9.90 Å². The molecule has 0 spiro atoms. The largest absolute Gasteiger partial charge is 0.392 e. The molecule has 0 saturated carbocycles. The van der Waals surface area contributed by atoms with Gasteiger partial charge in [0, 0.05) is 13.1 Å². The quantitative estimate of drug-likeness (QED) is 0.758. The first-order chi connectivity index (χ1) is 11.2. The zero-order valence-corrected chi connectivity index (χ0v) is 13.3. The summed E-state index contributed by atoms with van der Waals surface area (Å²) >= 11 is 0. The van der Waals surface area contributed by atoms with Crippen molar-refractivity contribution in [2.24, 2.45) is 0 Å².